The third-order valence-electron chi connectivity index (χ3n) is 6.93. The zero-order chi connectivity index (χ0) is 30.1. The van der Waals surface area contributed by atoms with Gasteiger partial charge in [0.05, 0.1) is 17.9 Å². The summed E-state index contributed by atoms with van der Waals surface area (Å²) in [4.78, 5) is 44.0. The van der Waals surface area contributed by atoms with E-state index in [1.165, 1.54) is 0 Å². The Morgan fingerprint density at radius 3 is 2.49 bits per heavy atom. The number of hydrogen-bond acceptors (Lipinski definition) is 5. The average Bonchev–Trinajstić information content (AvgIpc) is 3.58. The van der Waals surface area contributed by atoms with Crippen molar-refractivity contribution < 1.29 is 9.59 Å². The minimum Gasteiger partial charge on any atom is -0.345 e. The molecule has 0 aliphatic carbocycles. The number of aromatic amines is 2. The Kier molecular flexibility index (Phi) is 10.7. The molecule has 1 amide bonds. The SMILES string of the molecule is CC.CCc1c(-c2ccccc2C(/C=C\C(C)CC)=C(\C)C(C)=O)nc2cc(C(=O)NCc3n[nH]c(=O)[nH]3)ccn12. The highest BCUT2D eigenvalue weighted by molar-refractivity contribution is 6.04. The van der Waals surface area contributed by atoms with Crippen LogP contribution < -0.4 is 11.0 Å². The summed E-state index contributed by atoms with van der Waals surface area (Å²) in [6, 6.07) is 11.5. The van der Waals surface area contributed by atoms with Crippen molar-refractivity contribution in [3.05, 3.63) is 93.4 Å². The number of H-pyrrole nitrogens is 2. The lowest BCUT2D eigenvalue weighted by molar-refractivity contribution is -0.113. The number of aromatic nitrogens is 5. The molecule has 1 unspecified atom stereocenters. The number of ketones is 1. The number of carbonyl (C=O) groups is 2. The molecule has 0 aliphatic heterocycles. The van der Waals surface area contributed by atoms with Gasteiger partial charge in [-0.05, 0) is 55.0 Å². The van der Waals surface area contributed by atoms with Gasteiger partial charge in [-0.1, -0.05) is 77.5 Å². The lowest BCUT2D eigenvalue weighted by atomic mass is 9.91. The summed E-state index contributed by atoms with van der Waals surface area (Å²) in [5.41, 5.74) is 5.91. The molecule has 0 saturated carbocycles. The van der Waals surface area contributed by atoms with Gasteiger partial charge in [-0.25, -0.2) is 14.9 Å². The molecule has 0 saturated heterocycles. The van der Waals surface area contributed by atoms with Crippen molar-refractivity contribution >= 4 is 22.9 Å². The van der Waals surface area contributed by atoms with Crippen LogP contribution in [-0.4, -0.2) is 36.3 Å². The van der Waals surface area contributed by atoms with Gasteiger partial charge in [0, 0.05) is 17.3 Å². The molecule has 1 atom stereocenters. The van der Waals surface area contributed by atoms with E-state index in [9.17, 15) is 14.4 Å². The number of fused-ring (bicyclic) bond motifs is 1. The van der Waals surface area contributed by atoms with E-state index in [1.54, 1.807) is 19.1 Å². The first-order valence-corrected chi connectivity index (χ1v) is 14.2. The number of aryl methyl sites for hydroxylation is 1. The number of pyridine rings is 1. The van der Waals surface area contributed by atoms with Crippen LogP contribution in [0.4, 0.5) is 0 Å². The van der Waals surface area contributed by atoms with E-state index >= 15 is 0 Å². The lowest BCUT2D eigenvalue weighted by Gasteiger charge is -2.14. The van der Waals surface area contributed by atoms with Crippen LogP contribution in [0.25, 0.3) is 22.5 Å². The van der Waals surface area contributed by atoms with Crippen molar-refractivity contribution in [1.29, 1.82) is 0 Å². The maximum Gasteiger partial charge on any atom is 0.340 e. The van der Waals surface area contributed by atoms with Crippen molar-refractivity contribution in [2.45, 2.75) is 67.9 Å². The molecule has 0 spiro atoms. The molecule has 4 aromatic rings. The fourth-order valence-corrected chi connectivity index (χ4v) is 4.37. The normalized spacial score (nSPS) is 12.6. The Morgan fingerprint density at radius 1 is 1.12 bits per heavy atom. The largest absolute Gasteiger partial charge is 0.345 e. The first-order valence-electron chi connectivity index (χ1n) is 14.2. The van der Waals surface area contributed by atoms with E-state index in [1.807, 2.05) is 55.6 Å². The smallest absolute Gasteiger partial charge is 0.340 e. The van der Waals surface area contributed by atoms with Crippen LogP contribution in [0.15, 0.2) is 65.1 Å². The molecule has 9 nitrogen and oxygen atoms in total. The van der Waals surface area contributed by atoms with Crippen LogP contribution >= 0.6 is 0 Å². The molecule has 41 heavy (non-hydrogen) atoms. The first-order chi connectivity index (χ1) is 19.7. The minimum absolute atomic E-state index is 0.0221. The van der Waals surface area contributed by atoms with Crippen LogP contribution in [0.1, 0.15) is 82.3 Å². The number of benzene rings is 1. The summed E-state index contributed by atoms with van der Waals surface area (Å²) >= 11 is 0. The molecular weight excluding hydrogens is 516 g/mol. The van der Waals surface area contributed by atoms with Gasteiger partial charge in [0.2, 0.25) is 0 Å². The molecule has 1 aromatic carbocycles. The molecule has 0 fully saturated rings. The second-order valence-electron chi connectivity index (χ2n) is 9.60. The summed E-state index contributed by atoms with van der Waals surface area (Å²) in [7, 11) is 0. The third kappa shape index (κ3) is 7.16. The molecule has 0 bridgehead atoms. The number of Topliss-reactive ketones (excluding diaryl/α,β-unsaturated/α-hetero) is 1. The van der Waals surface area contributed by atoms with Crippen molar-refractivity contribution in [2.24, 2.45) is 5.92 Å². The number of carbonyl (C=O) groups excluding carboxylic acids is 2. The maximum atomic E-state index is 12.8. The van der Waals surface area contributed by atoms with Crippen LogP contribution in [0.2, 0.25) is 0 Å². The molecule has 4 rings (SSSR count). The fraction of sp³-hybridized carbons (Fsp3) is 0.344. The lowest BCUT2D eigenvalue weighted by Crippen LogP contribution is -2.23. The number of rotatable bonds is 10. The highest BCUT2D eigenvalue weighted by Crippen LogP contribution is 2.34. The van der Waals surface area contributed by atoms with Gasteiger partial charge in [0.1, 0.15) is 11.5 Å². The standard InChI is InChI=1S/C30H34N6O3.C2H6/c1-6-18(3)12-13-22(19(4)20(5)37)23-10-8-9-11-24(23)28-25(7-2)36-15-14-21(16-27(36)33-28)29(38)31-17-26-32-30(39)35-34-26;1-2/h8-16,18H,6-7,17H2,1-5H3,(H,31,38)(H2,32,34,35,39);1-2H3/b13-12-,22-19+;. The van der Waals surface area contributed by atoms with Crippen molar-refractivity contribution in [1.82, 2.24) is 29.9 Å². The molecule has 216 valence electrons. The summed E-state index contributed by atoms with van der Waals surface area (Å²) < 4.78 is 1.99. The highest BCUT2D eigenvalue weighted by atomic mass is 16.2. The topological polar surface area (TPSA) is 125 Å². The zero-order valence-electron chi connectivity index (χ0n) is 25.0. The zero-order valence-corrected chi connectivity index (χ0v) is 25.0. The van der Waals surface area contributed by atoms with Gasteiger partial charge >= 0.3 is 5.69 Å². The second kappa shape index (κ2) is 14.2. The third-order valence-corrected chi connectivity index (χ3v) is 6.93. The fourth-order valence-electron chi connectivity index (χ4n) is 4.37. The Hall–Kier alpha value is -4.53. The van der Waals surface area contributed by atoms with E-state index in [0.717, 1.165) is 40.9 Å². The number of amides is 1. The number of hydrogen-bond donors (Lipinski definition) is 3. The Morgan fingerprint density at radius 2 is 1.85 bits per heavy atom. The summed E-state index contributed by atoms with van der Waals surface area (Å²) in [6.45, 7) is 13.9. The van der Waals surface area contributed by atoms with Gasteiger partial charge in [0.25, 0.3) is 5.91 Å². The van der Waals surface area contributed by atoms with E-state index < -0.39 is 5.69 Å². The highest BCUT2D eigenvalue weighted by Gasteiger charge is 2.19. The quantitative estimate of drug-likeness (QED) is 0.166. The van der Waals surface area contributed by atoms with Gasteiger partial charge < -0.3 is 9.72 Å². The average molecular weight is 557 g/mol. The van der Waals surface area contributed by atoms with Gasteiger partial charge in [-0.2, -0.15) is 5.10 Å². The predicted molar refractivity (Wildman–Crippen MR) is 164 cm³/mol. The predicted octanol–water partition coefficient (Wildman–Crippen LogP) is 5.90. The summed E-state index contributed by atoms with van der Waals surface area (Å²) in [5, 5.41) is 8.85. The summed E-state index contributed by atoms with van der Waals surface area (Å²) in [6.07, 6.45) is 7.77. The first kappa shape index (κ1) is 31.0. The van der Waals surface area contributed by atoms with Gasteiger partial charge in [-0.15, -0.1) is 0 Å². The molecule has 3 aromatic heterocycles. The number of nitrogens with one attached hydrogen (secondary N) is 3. The van der Waals surface area contributed by atoms with Gasteiger partial charge in [0.15, 0.2) is 5.78 Å². The molecular formula is C32H40N6O3. The van der Waals surface area contributed by atoms with Crippen molar-refractivity contribution in [3.63, 3.8) is 0 Å². The maximum absolute atomic E-state index is 12.8. The van der Waals surface area contributed by atoms with Crippen LogP contribution in [0.3, 0.4) is 0 Å². The van der Waals surface area contributed by atoms with Crippen molar-refractivity contribution in [2.75, 3.05) is 0 Å². The Labute approximate surface area is 240 Å². The second-order valence-corrected chi connectivity index (χ2v) is 9.60. The molecule has 0 radical (unpaired) electrons. The number of imidazole rings is 1. The van der Waals surface area contributed by atoms with E-state index in [0.29, 0.717) is 28.5 Å². The monoisotopic (exact) mass is 556 g/mol. The molecule has 3 N–H and O–H groups in total. The van der Waals surface area contributed by atoms with E-state index in [4.69, 9.17) is 4.98 Å². The van der Waals surface area contributed by atoms with Crippen LogP contribution in [0.5, 0.6) is 0 Å². The Bertz CT molecular complexity index is 1640. The minimum atomic E-state index is -0.426. The van der Waals surface area contributed by atoms with Gasteiger partial charge in [-0.3, -0.25) is 14.6 Å². The number of allylic oxidation sites excluding steroid dienone is 4. The van der Waals surface area contributed by atoms with E-state index in [2.05, 4.69) is 53.4 Å². The molecule has 3 heterocycles. The Balaban J connectivity index is 0.00000226. The summed E-state index contributed by atoms with van der Waals surface area (Å²) in [5.74, 6) is 0.441. The van der Waals surface area contributed by atoms with Crippen molar-refractivity contribution in [3.8, 4) is 11.3 Å². The molecule has 9 heteroatoms. The van der Waals surface area contributed by atoms with E-state index in [-0.39, 0.29) is 18.2 Å². The van der Waals surface area contributed by atoms with Crippen LogP contribution in [-0.2, 0) is 17.8 Å². The number of nitrogens with zero attached hydrogens (tertiary/aromatic N) is 3. The molecule has 0 aliphatic rings. The van der Waals surface area contributed by atoms with Crippen LogP contribution in [0, 0.1) is 5.92 Å².